The molecule has 0 aliphatic rings. The highest BCUT2D eigenvalue weighted by atomic mass is 16.6. The van der Waals surface area contributed by atoms with Gasteiger partial charge >= 0.3 is 0 Å². The summed E-state index contributed by atoms with van der Waals surface area (Å²) in [5.74, 6) is 0. The molecule has 2 atom stereocenters. The summed E-state index contributed by atoms with van der Waals surface area (Å²) in [7, 11) is 0. The molecule has 42 heavy (non-hydrogen) atoms. The molecule has 0 aliphatic heterocycles. The fourth-order valence-corrected chi connectivity index (χ4v) is 5.56. The molecule has 0 heterocycles. The van der Waals surface area contributed by atoms with Gasteiger partial charge in [-0.1, -0.05) is 150 Å². The minimum absolute atomic E-state index is 0.237. The van der Waals surface area contributed by atoms with E-state index in [0.29, 0.717) is 25.7 Å². The lowest BCUT2D eigenvalue weighted by Gasteiger charge is -2.23. The predicted octanol–water partition coefficient (Wildman–Crippen LogP) is 10.2. The Kier molecular flexibility index (Phi) is 30.4. The molecule has 8 heteroatoms. The SMILES string of the molecule is CCCCCCCCCCCC(CC)(CO)[N+](=O)[O-].CCCCCCCCCCCCCC(CO)(CCCC)[N+](=O)[O-]. The number of aliphatic hydroxyl groups is 2. The van der Waals surface area contributed by atoms with Crippen molar-refractivity contribution < 1.29 is 20.1 Å². The van der Waals surface area contributed by atoms with Crippen LogP contribution in [0.3, 0.4) is 0 Å². The third-order valence-corrected chi connectivity index (χ3v) is 9.01. The Morgan fingerprint density at radius 3 is 0.952 bits per heavy atom. The third-order valence-electron chi connectivity index (χ3n) is 9.01. The molecule has 0 saturated heterocycles. The van der Waals surface area contributed by atoms with Gasteiger partial charge in [0.25, 0.3) is 0 Å². The van der Waals surface area contributed by atoms with E-state index in [-0.39, 0.29) is 23.1 Å². The van der Waals surface area contributed by atoms with Crippen LogP contribution in [-0.4, -0.2) is 44.4 Å². The highest BCUT2D eigenvalue weighted by Crippen LogP contribution is 2.26. The lowest BCUT2D eigenvalue weighted by atomic mass is 9.88. The Balaban J connectivity index is 0. The van der Waals surface area contributed by atoms with E-state index in [1.807, 2.05) is 6.92 Å². The molecule has 0 aromatic rings. The van der Waals surface area contributed by atoms with Crippen LogP contribution in [0.2, 0.25) is 0 Å². The van der Waals surface area contributed by atoms with Gasteiger partial charge in [-0.2, -0.15) is 0 Å². The van der Waals surface area contributed by atoms with E-state index in [4.69, 9.17) is 0 Å². The fraction of sp³-hybridized carbons (Fsp3) is 1.00. The number of hydrogen-bond donors (Lipinski definition) is 2. The molecular weight excluding hydrogens is 532 g/mol. The Hall–Kier alpha value is -1.28. The second-order valence-electron chi connectivity index (χ2n) is 12.6. The molecule has 2 N–H and O–H groups in total. The van der Waals surface area contributed by atoms with Crippen molar-refractivity contribution in [2.45, 2.75) is 206 Å². The van der Waals surface area contributed by atoms with E-state index < -0.39 is 11.1 Å². The van der Waals surface area contributed by atoms with E-state index >= 15 is 0 Å². The first kappa shape index (κ1) is 42.9. The molecule has 0 rings (SSSR count). The smallest absolute Gasteiger partial charge is 0.244 e. The average Bonchev–Trinajstić information content (AvgIpc) is 2.99. The molecule has 0 aromatic heterocycles. The number of nitro groups is 2. The van der Waals surface area contributed by atoms with Gasteiger partial charge in [0.05, 0.1) is 0 Å². The normalized spacial score (nSPS) is 14.0. The van der Waals surface area contributed by atoms with E-state index in [9.17, 15) is 30.4 Å². The van der Waals surface area contributed by atoms with Gasteiger partial charge in [0.2, 0.25) is 11.1 Å². The van der Waals surface area contributed by atoms with Gasteiger partial charge in [0.15, 0.2) is 0 Å². The number of unbranched alkanes of at least 4 members (excludes halogenated alkanes) is 19. The molecule has 0 bridgehead atoms. The zero-order valence-corrected chi connectivity index (χ0v) is 28.2. The maximum Gasteiger partial charge on any atom is 0.244 e. The quantitative estimate of drug-likeness (QED) is 0.0478. The van der Waals surface area contributed by atoms with Gasteiger partial charge in [0, 0.05) is 35.5 Å². The van der Waals surface area contributed by atoms with E-state index in [1.165, 1.54) is 96.3 Å². The summed E-state index contributed by atoms with van der Waals surface area (Å²) in [6, 6.07) is 0. The third kappa shape index (κ3) is 21.4. The predicted molar refractivity (Wildman–Crippen MR) is 176 cm³/mol. The van der Waals surface area contributed by atoms with Crippen LogP contribution < -0.4 is 0 Å². The van der Waals surface area contributed by atoms with Gasteiger partial charge in [-0.05, 0) is 19.3 Å². The molecular formula is C34H70N2O6. The van der Waals surface area contributed by atoms with Crippen LogP contribution in [0.15, 0.2) is 0 Å². The Morgan fingerprint density at radius 1 is 0.429 bits per heavy atom. The summed E-state index contributed by atoms with van der Waals surface area (Å²) in [6.07, 6.45) is 28.3. The zero-order valence-electron chi connectivity index (χ0n) is 28.2. The highest BCUT2D eigenvalue weighted by Gasteiger charge is 2.41. The first-order chi connectivity index (χ1) is 20.3. The minimum atomic E-state index is -1.10. The average molecular weight is 603 g/mol. The summed E-state index contributed by atoms with van der Waals surface area (Å²) in [4.78, 5) is 21.8. The fourth-order valence-electron chi connectivity index (χ4n) is 5.56. The molecule has 252 valence electrons. The van der Waals surface area contributed by atoms with Crippen LogP contribution in [0, 0.1) is 20.2 Å². The Labute approximate surface area is 259 Å². The van der Waals surface area contributed by atoms with Crippen molar-refractivity contribution in [3.05, 3.63) is 20.2 Å². The maximum atomic E-state index is 11.3. The molecule has 0 radical (unpaired) electrons. The summed E-state index contributed by atoms with van der Waals surface area (Å²) in [6.45, 7) is 7.62. The molecule has 0 aliphatic carbocycles. The van der Waals surface area contributed by atoms with Crippen LogP contribution in [0.5, 0.6) is 0 Å². The highest BCUT2D eigenvalue weighted by molar-refractivity contribution is 4.79. The largest absolute Gasteiger partial charge is 0.389 e. The van der Waals surface area contributed by atoms with Crippen molar-refractivity contribution in [3.63, 3.8) is 0 Å². The standard InChI is InChI=1S/C19H39NO3.C15H31NO3/c1-3-5-7-8-9-10-11-12-13-14-15-17-19(18-21,20(22)23)16-6-4-2;1-3-5-6-7-8-9-10-11-12-13-15(4-2,14-17)16(18)19/h21H,3-18H2,1-2H3;17H,3-14H2,1-2H3. The first-order valence-corrected chi connectivity index (χ1v) is 17.8. The summed E-state index contributed by atoms with van der Waals surface area (Å²) in [5.41, 5.74) is -2.18. The number of rotatable bonds is 30. The van der Waals surface area contributed by atoms with Gasteiger partial charge in [0.1, 0.15) is 13.2 Å². The Bertz CT molecular complexity index is 615. The Morgan fingerprint density at radius 2 is 0.690 bits per heavy atom. The first-order valence-electron chi connectivity index (χ1n) is 17.8. The van der Waals surface area contributed by atoms with Crippen molar-refractivity contribution in [1.29, 1.82) is 0 Å². The van der Waals surface area contributed by atoms with E-state index in [2.05, 4.69) is 13.8 Å². The molecule has 0 amide bonds. The summed E-state index contributed by atoms with van der Waals surface area (Å²) >= 11 is 0. The molecule has 8 nitrogen and oxygen atoms in total. The summed E-state index contributed by atoms with van der Waals surface area (Å²) in [5, 5.41) is 41.0. The van der Waals surface area contributed by atoms with Gasteiger partial charge in [-0.15, -0.1) is 0 Å². The van der Waals surface area contributed by atoms with Crippen molar-refractivity contribution in [1.82, 2.24) is 0 Å². The topological polar surface area (TPSA) is 127 Å². The lowest BCUT2D eigenvalue weighted by Crippen LogP contribution is -2.42. The molecule has 0 spiro atoms. The molecule has 2 unspecified atom stereocenters. The van der Waals surface area contributed by atoms with E-state index in [0.717, 1.165) is 44.9 Å². The van der Waals surface area contributed by atoms with Gasteiger partial charge in [-0.3, -0.25) is 20.2 Å². The summed E-state index contributed by atoms with van der Waals surface area (Å²) < 4.78 is 0. The second-order valence-corrected chi connectivity index (χ2v) is 12.6. The lowest BCUT2D eigenvalue weighted by molar-refractivity contribution is -0.576. The second kappa shape index (κ2) is 29.8. The number of nitrogens with zero attached hydrogens (tertiary/aromatic N) is 2. The molecule has 0 aromatic carbocycles. The van der Waals surface area contributed by atoms with Crippen LogP contribution in [0.4, 0.5) is 0 Å². The van der Waals surface area contributed by atoms with Crippen LogP contribution in [0.25, 0.3) is 0 Å². The van der Waals surface area contributed by atoms with Crippen LogP contribution in [-0.2, 0) is 0 Å². The maximum absolute atomic E-state index is 11.3. The monoisotopic (exact) mass is 603 g/mol. The van der Waals surface area contributed by atoms with Crippen molar-refractivity contribution in [2.24, 2.45) is 0 Å². The van der Waals surface area contributed by atoms with Crippen molar-refractivity contribution in [2.75, 3.05) is 13.2 Å². The number of aliphatic hydroxyl groups excluding tert-OH is 2. The van der Waals surface area contributed by atoms with Crippen LogP contribution >= 0.6 is 0 Å². The molecule has 0 fully saturated rings. The molecule has 0 saturated carbocycles. The van der Waals surface area contributed by atoms with Gasteiger partial charge in [-0.25, -0.2) is 0 Å². The minimum Gasteiger partial charge on any atom is -0.389 e. The van der Waals surface area contributed by atoms with Crippen molar-refractivity contribution in [3.8, 4) is 0 Å². The number of hydrogen-bond acceptors (Lipinski definition) is 6. The van der Waals surface area contributed by atoms with Gasteiger partial charge < -0.3 is 10.2 Å². The zero-order chi connectivity index (χ0) is 32.0. The van der Waals surface area contributed by atoms with Crippen molar-refractivity contribution >= 4 is 0 Å². The van der Waals surface area contributed by atoms with Crippen LogP contribution in [0.1, 0.15) is 195 Å². The van der Waals surface area contributed by atoms with E-state index in [1.54, 1.807) is 6.92 Å².